The van der Waals surface area contributed by atoms with Gasteiger partial charge in [-0.15, -0.1) is 0 Å². The third-order valence-corrected chi connectivity index (χ3v) is 7.46. The normalized spacial score (nSPS) is 25.9. The van der Waals surface area contributed by atoms with E-state index in [4.69, 9.17) is 23.3 Å². The van der Waals surface area contributed by atoms with Gasteiger partial charge in [0.1, 0.15) is 18.3 Å². The minimum Gasteiger partial charge on any atom is -0.345 e. The van der Waals surface area contributed by atoms with Crippen LogP contribution in [-0.2, 0) is 27.8 Å². The second-order valence-electron chi connectivity index (χ2n) is 8.84. The van der Waals surface area contributed by atoms with Gasteiger partial charge in [-0.05, 0) is 52.3 Å². The third kappa shape index (κ3) is 5.43. The van der Waals surface area contributed by atoms with E-state index in [1.54, 1.807) is 33.8 Å². The maximum absolute atomic E-state index is 13.1. The number of hydrogen-bond donors (Lipinski definition) is 1. The molecule has 2 aliphatic heterocycles. The first kappa shape index (κ1) is 25.8. The van der Waals surface area contributed by atoms with E-state index >= 15 is 0 Å². The highest BCUT2D eigenvalue weighted by atomic mass is 31.2. The largest absolute Gasteiger partial charge is 0.353 e. The summed E-state index contributed by atoms with van der Waals surface area (Å²) in [5.74, 6) is 0.415. The Kier molecular flexibility index (Phi) is 7.33. The van der Waals surface area contributed by atoms with Crippen molar-refractivity contribution >= 4 is 7.60 Å². The van der Waals surface area contributed by atoms with Crippen LogP contribution in [0.25, 0.3) is 11.3 Å². The zero-order chi connectivity index (χ0) is 25.4. The van der Waals surface area contributed by atoms with Crippen LogP contribution in [0.1, 0.15) is 39.5 Å². The molecule has 1 aromatic carbocycles. The Morgan fingerprint density at radius 1 is 1.11 bits per heavy atom. The standard InChI is InChI=1S/C24H31N2O8P/c1-6-30-35(29,31-7-2)12-11-18-20-21(34-24(4,5)33-20)22(32-18)26-17(14-19(27)25-23(26)28)16-10-8-9-15(3)13-16/h8-14,18,20-22H,6-7H2,1-5H3,(H,25,27,28)/b12-11+/t18-,20-,21-,22-/m1/s1. The van der Waals surface area contributed by atoms with Gasteiger partial charge >= 0.3 is 13.3 Å². The zero-order valence-electron chi connectivity index (χ0n) is 20.4. The molecular weight excluding hydrogens is 475 g/mol. The first-order valence-corrected chi connectivity index (χ1v) is 13.2. The highest BCUT2D eigenvalue weighted by molar-refractivity contribution is 7.57. The lowest BCUT2D eigenvalue weighted by molar-refractivity contribution is -0.191. The second-order valence-corrected chi connectivity index (χ2v) is 10.7. The lowest BCUT2D eigenvalue weighted by Gasteiger charge is -2.25. The van der Waals surface area contributed by atoms with Crippen LogP contribution in [-0.4, -0.2) is 46.9 Å². The summed E-state index contributed by atoms with van der Waals surface area (Å²) < 4.78 is 43.5. The second kappa shape index (κ2) is 9.97. The molecule has 2 fully saturated rings. The van der Waals surface area contributed by atoms with Gasteiger partial charge in [0, 0.05) is 11.9 Å². The summed E-state index contributed by atoms with van der Waals surface area (Å²) in [6.07, 6.45) is -1.35. The Morgan fingerprint density at radius 2 is 1.80 bits per heavy atom. The van der Waals surface area contributed by atoms with E-state index in [2.05, 4.69) is 4.98 Å². The van der Waals surface area contributed by atoms with Crippen molar-refractivity contribution < 1.29 is 27.8 Å². The minimum absolute atomic E-state index is 0.209. The van der Waals surface area contributed by atoms with Crippen LogP contribution >= 0.6 is 7.60 Å². The van der Waals surface area contributed by atoms with E-state index in [0.717, 1.165) is 5.56 Å². The van der Waals surface area contributed by atoms with Gasteiger partial charge in [-0.3, -0.25) is 18.9 Å². The summed E-state index contributed by atoms with van der Waals surface area (Å²) >= 11 is 0. The lowest BCUT2D eigenvalue weighted by atomic mass is 10.1. The Labute approximate surface area is 203 Å². The third-order valence-electron chi connectivity index (χ3n) is 5.69. The van der Waals surface area contributed by atoms with Gasteiger partial charge in [0.05, 0.1) is 18.9 Å². The first-order valence-electron chi connectivity index (χ1n) is 11.6. The van der Waals surface area contributed by atoms with Gasteiger partial charge in [0.2, 0.25) is 0 Å². The number of aryl methyl sites for hydroxylation is 1. The Morgan fingerprint density at radius 3 is 2.46 bits per heavy atom. The number of aromatic nitrogens is 2. The molecule has 190 valence electrons. The van der Waals surface area contributed by atoms with Gasteiger partial charge in [-0.25, -0.2) is 4.79 Å². The molecule has 1 aromatic heterocycles. The summed E-state index contributed by atoms with van der Waals surface area (Å²) in [5.41, 5.74) is 0.884. The summed E-state index contributed by atoms with van der Waals surface area (Å²) in [6, 6.07) is 8.83. The predicted octanol–water partition coefficient (Wildman–Crippen LogP) is 3.71. The monoisotopic (exact) mass is 506 g/mol. The molecule has 3 heterocycles. The molecule has 2 aliphatic rings. The molecule has 0 unspecified atom stereocenters. The molecule has 4 atom stereocenters. The van der Waals surface area contributed by atoms with Crippen molar-refractivity contribution in [2.45, 2.75) is 64.9 Å². The highest BCUT2D eigenvalue weighted by Crippen LogP contribution is 2.51. The summed E-state index contributed by atoms with van der Waals surface area (Å²) in [5, 5.41) is 0. The van der Waals surface area contributed by atoms with Crippen LogP contribution in [0.5, 0.6) is 0 Å². The van der Waals surface area contributed by atoms with Crippen LogP contribution in [0, 0.1) is 6.92 Å². The van der Waals surface area contributed by atoms with Gasteiger partial charge < -0.3 is 23.3 Å². The maximum Gasteiger partial charge on any atom is 0.353 e. The number of aromatic amines is 1. The number of hydrogen-bond acceptors (Lipinski definition) is 8. The van der Waals surface area contributed by atoms with Crippen LogP contribution in [0.3, 0.4) is 0 Å². The Bertz CT molecular complexity index is 1260. The van der Waals surface area contributed by atoms with E-state index in [9.17, 15) is 14.2 Å². The van der Waals surface area contributed by atoms with Crippen molar-refractivity contribution in [1.82, 2.24) is 9.55 Å². The molecule has 0 amide bonds. The zero-order valence-corrected chi connectivity index (χ0v) is 21.3. The maximum atomic E-state index is 13.1. The number of rotatable bonds is 8. The lowest BCUT2D eigenvalue weighted by Crippen LogP contribution is -2.38. The van der Waals surface area contributed by atoms with Crippen LogP contribution in [0.4, 0.5) is 0 Å². The minimum atomic E-state index is -3.48. The molecule has 10 nitrogen and oxygen atoms in total. The first-order chi connectivity index (χ1) is 16.6. The molecule has 4 rings (SSSR count). The summed E-state index contributed by atoms with van der Waals surface area (Å²) in [7, 11) is -3.48. The molecule has 2 saturated heterocycles. The Hall–Kier alpha value is -2.33. The summed E-state index contributed by atoms with van der Waals surface area (Å²) in [4.78, 5) is 27.6. The van der Waals surface area contributed by atoms with Crippen molar-refractivity contribution in [2.24, 2.45) is 0 Å². The quantitative estimate of drug-likeness (QED) is 0.539. The number of nitrogens with zero attached hydrogens (tertiary/aromatic N) is 1. The number of benzene rings is 1. The number of ether oxygens (including phenoxy) is 3. The summed E-state index contributed by atoms with van der Waals surface area (Å²) in [6.45, 7) is 9.33. The molecule has 0 bridgehead atoms. The molecule has 2 aromatic rings. The van der Waals surface area contributed by atoms with E-state index in [1.807, 2.05) is 31.2 Å². The van der Waals surface area contributed by atoms with E-state index in [-0.39, 0.29) is 13.2 Å². The van der Waals surface area contributed by atoms with Crippen molar-refractivity contribution in [2.75, 3.05) is 13.2 Å². The van der Waals surface area contributed by atoms with Gasteiger partial charge in [0.15, 0.2) is 12.0 Å². The van der Waals surface area contributed by atoms with Crippen molar-refractivity contribution in [3.8, 4) is 11.3 Å². The molecule has 0 saturated carbocycles. The fraction of sp³-hybridized carbons (Fsp3) is 0.500. The molecule has 0 spiro atoms. The van der Waals surface area contributed by atoms with Crippen LogP contribution in [0.2, 0.25) is 0 Å². The van der Waals surface area contributed by atoms with Crippen molar-refractivity contribution in [3.05, 3.63) is 68.6 Å². The van der Waals surface area contributed by atoms with E-state index < -0.39 is 49.2 Å². The number of H-pyrrole nitrogens is 1. The molecule has 0 aliphatic carbocycles. The van der Waals surface area contributed by atoms with E-state index in [1.165, 1.54) is 16.5 Å². The number of fused-ring (bicyclic) bond motifs is 1. The Balaban J connectivity index is 1.77. The van der Waals surface area contributed by atoms with Crippen molar-refractivity contribution in [3.63, 3.8) is 0 Å². The molecule has 1 N–H and O–H groups in total. The average molecular weight is 506 g/mol. The molecule has 35 heavy (non-hydrogen) atoms. The SMILES string of the molecule is CCOP(=O)(/C=C/[C@H]1O[C@@H](n2c(-c3cccc(C)c3)cc(=O)[nH]c2=O)[C@@H]2OC(C)(C)O[C@@H]21)OCC. The smallest absolute Gasteiger partial charge is 0.345 e. The van der Waals surface area contributed by atoms with Gasteiger partial charge in [-0.2, -0.15) is 0 Å². The van der Waals surface area contributed by atoms with Crippen LogP contribution in [0.15, 0.2) is 51.8 Å². The molecule has 0 radical (unpaired) electrons. The van der Waals surface area contributed by atoms with Crippen molar-refractivity contribution in [1.29, 1.82) is 0 Å². The molecular formula is C24H31N2O8P. The van der Waals surface area contributed by atoms with Crippen LogP contribution < -0.4 is 11.2 Å². The van der Waals surface area contributed by atoms with Gasteiger partial charge in [-0.1, -0.05) is 23.8 Å². The average Bonchev–Trinajstić information content (AvgIpc) is 3.25. The predicted molar refractivity (Wildman–Crippen MR) is 129 cm³/mol. The molecule has 11 heteroatoms. The fourth-order valence-electron chi connectivity index (χ4n) is 4.43. The number of nitrogens with one attached hydrogen (secondary N) is 1. The van der Waals surface area contributed by atoms with Gasteiger partial charge in [0.25, 0.3) is 5.56 Å². The topological polar surface area (TPSA) is 118 Å². The van der Waals surface area contributed by atoms with E-state index in [0.29, 0.717) is 11.3 Å². The fourth-order valence-corrected chi connectivity index (χ4v) is 5.77. The highest BCUT2D eigenvalue weighted by Gasteiger charge is 2.56.